The number of benzene rings is 1. The second-order valence-electron chi connectivity index (χ2n) is 5.18. The Labute approximate surface area is 110 Å². The molecule has 0 radical (unpaired) electrons. The molecule has 1 aliphatic heterocycles. The minimum absolute atomic E-state index is 0.307. The van der Waals surface area contributed by atoms with Crippen LogP contribution in [-0.2, 0) is 0 Å². The first-order valence-corrected chi connectivity index (χ1v) is 6.70. The summed E-state index contributed by atoms with van der Waals surface area (Å²) in [5.74, 6) is 0.692. The maximum Gasteiger partial charge on any atom is 0.192 e. The van der Waals surface area contributed by atoms with Gasteiger partial charge in [0.05, 0.1) is 12.6 Å². The first-order valence-electron chi connectivity index (χ1n) is 6.70. The summed E-state index contributed by atoms with van der Waals surface area (Å²) in [6, 6.07) is 7.19. The molecular weight excluding hydrogens is 222 g/mol. The molecule has 0 amide bonds. The van der Waals surface area contributed by atoms with Gasteiger partial charge in [-0.05, 0) is 43.9 Å². The number of nitrogens with zero attached hydrogens (tertiary/aromatic N) is 2. The molecule has 0 aliphatic carbocycles. The lowest BCUT2D eigenvalue weighted by molar-refractivity contribution is 0.267. The predicted molar refractivity (Wildman–Crippen MR) is 76.7 cm³/mol. The van der Waals surface area contributed by atoms with Crippen LogP contribution in [0.4, 0.5) is 0 Å². The number of aryl methyl sites for hydroxylation is 2. The van der Waals surface area contributed by atoms with Gasteiger partial charge < -0.3 is 10.6 Å². The molecule has 18 heavy (non-hydrogen) atoms. The van der Waals surface area contributed by atoms with E-state index in [2.05, 4.69) is 55.8 Å². The summed E-state index contributed by atoms with van der Waals surface area (Å²) >= 11 is 0. The minimum Gasteiger partial charge on any atom is -0.370 e. The van der Waals surface area contributed by atoms with Crippen LogP contribution in [0.5, 0.6) is 0 Å². The van der Waals surface area contributed by atoms with Crippen molar-refractivity contribution in [3.05, 3.63) is 34.9 Å². The Bertz CT molecular complexity index is 445. The average molecular weight is 245 g/mol. The van der Waals surface area contributed by atoms with Crippen molar-refractivity contribution in [2.45, 2.75) is 46.2 Å². The molecule has 0 saturated carbocycles. The summed E-state index contributed by atoms with van der Waals surface area (Å²) in [6.07, 6.45) is 1.08. The quantitative estimate of drug-likeness (QED) is 0.889. The summed E-state index contributed by atoms with van der Waals surface area (Å²) in [6.45, 7) is 9.53. The largest absolute Gasteiger partial charge is 0.370 e. The third-order valence-electron chi connectivity index (χ3n) is 3.97. The van der Waals surface area contributed by atoms with E-state index in [1.165, 1.54) is 16.7 Å². The molecule has 0 fully saturated rings. The zero-order valence-electron chi connectivity index (χ0n) is 11.8. The molecule has 98 valence electrons. The van der Waals surface area contributed by atoms with E-state index < -0.39 is 0 Å². The van der Waals surface area contributed by atoms with E-state index in [1.807, 2.05) is 0 Å². The maximum absolute atomic E-state index is 6.06. The molecule has 2 atom stereocenters. The standard InChI is InChI=1S/C15H23N3/c1-5-12(4)18-13(9-17-15(18)16)14-10(2)7-6-8-11(14)3/h6-8,12-13H,5,9H2,1-4H3,(H2,16,17). The highest BCUT2D eigenvalue weighted by Crippen LogP contribution is 2.32. The lowest BCUT2D eigenvalue weighted by Gasteiger charge is -2.33. The van der Waals surface area contributed by atoms with Gasteiger partial charge in [0, 0.05) is 6.04 Å². The number of aliphatic imine (C=N–C) groups is 1. The molecule has 2 unspecified atom stereocenters. The molecule has 1 heterocycles. The highest BCUT2D eigenvalue weighted by atomic mass is 15.3. The summed E-state index contributed by atoms with van der Waals surface area (Å²) in [7, 11) is 0. The smallest absolute Gasteiger partial charge is 0.192 e. The molecule has 2 N–H and O–H groups in total. The van der Waals surface area contributed by atoms with Gasteiger partial charge in [-0.25, -0.2) is 0 Å². The molecule has 1 aromatic carbocycles. The number of hydrogen-bond acceptors (Lipinski definition) is 3. The number of nitrogens with two attached hydrogens (primary N) is 1. The van der Waals surface area contributed by atoms with Crippen LogP contribution in [0.15, 0.2) is 23.2 Å². The third-order valence-corrected chi connectivity index (χ3v) is 3.97. The van der Waals surface area contributed by atoms with Gasteiger partial charge in [0.25, 0.3) is 0 Å². The normalized spacial score (nSPS) is 21.0. The van der Waals surface area contributed by atoms with Gasteiger partial charge in [0.1, 0.15) is 0 Å². The van der Waals surface area contributed by atoms with Crippen molar-refractivity contribution in [2.24, 2.45) is 10.7 Å². The van der Waals surface area contributed by atoms with Gasteiger partial charge in [-0.2, -0.15) is 0 Å². The molecule has 3 heteroatoms. The van der Waals surface area contributed by atoms with Gasteiger partial charge in [-0.1, -0.05) is 25.1 Å². The summed E-state index contributed by atoms with van der Waals surface area (Å²) in [5.41, 5.74) is 10.1. The van der Waals surface area contributed by atoms with Crippen LogP contribution in [0.2, 0.25) is 0 Å². The van der Waals surface area contributed by atoms with E-state index in [0.29, 0.717) is 18.0 Å². The lowest BCUT2D eigenvalue weighted by atomic mass is 9.94. The Morgan fingerprint density at radius 1 is 1.39 bits per heavy atom. The minimum atomic E-state index is 0.307. The van der Waals surface area contributed by atoms with E-state index in [0.717, 1.165) is 13.0 Å². The maximum atomic E-state index is 6.06. The topological polar surface area (TPSA) is 41.6 Å². The molecule has 1 aromatic rings. The van der Waals surface area contributed by atoms with Crippen LogP contribution in [0.3, 0.4) is 0 Å². The summed E-state index contributed by atoms with van der Waals surface area (Å²) in [5, 5.41) is 0. The zero-order chi connectivity index (χ0) is 13.3. The van der Waals surface area contributed by atoms with Crippen molar-refractivity contribution in [1.29, 1.82) is 0 Å². The van der Waals surface area contributed by atoms with Crippen LogP contribution in [-0.4, -0.2) is 23.4 Å². The van der Waals surface area contributed by atoms with Crippen molar-refractivity contribution in [3.63, 3.8) is 0 Å². The molecule has 1 aliphatic rings. The fourth-order valence-corrected chi connectivity index (χ4v) is 2.82. The fraction of sp³-hybridized carbons (Fsp3) is 0.533. The van der Waals surface area contributed by atoms with Crippen molar-refractivity contribution in [3.8, 4) is 0 Å². The van der Waals surface area contributed by atoms with Crippen LogP contribution >= 0.6 is 0 Å². The van der Waals surface area contributed by atoms with Crippen LogP contribution in [0, 0.1) is 13.8 Å². The SMILES string of the molecule is CCC(C)N1C(N)=NCC1c1c(C)cccc1C. The average Bonchev–Trinajstić information content (AvgIpc) is 2.70. The second kappa shape index (κ2) is 5.01. The van der Waals surface area contributed by atoms with E-state index in [1.54, 1.807) is 0 Å². The van der Waals surface area contributed by atoms with Gasteiger partial charge in [0.2, 0.25) is 0 Å². The molecule has 0 bridgehead atoms. The zero-order valence-corrected chi connectivity index (χ0v) is 11.8. The van der Waals surface area contributed by atoms with Gasteiger partial charge >= 0.3 is 0 Å². The molecule has 2 rings (SSSR count). The lowest BCUT2D eigenvalue weighted by Crippen LogP contribution is -2.42. The van der Waals surface area contributed by atoms with E-state index in [9.17, 15) is 0 Å². The Hall–Kier alpha value is -1.51. The van der Waals surface area contributed by atoms with Gasteiger partial charge in [-0.3, -0.25) is 4.99 Å². The molecule has 0 aromatic heterocycles. The van der Waals surface area contributed by atoms with E-state index >= 15 is 0 Å². The molecule has 0 spiro atoms. The van der Waals surface area contributed by atoms with Crippen molar-refractivity contribution < 1.29 is 0 Å². The summed E-state index contributed by atoms with van der Waals surface area (Å²) in [4.78, 5) is 6.72. The summed E-state index contributed by atoms with van der Waals surface area (Å²) < 4.78 is 0. The first kappa shape index (κ1) is 12.9. The van der Waals surface area contributed by atoms with E-state index in [4.69, 9.17) is 5.73 Å². The van der Waals surface area contributed by atoms with Gasteiger partial charge in [-0.15, -0.1) is 0 Å². The molecular formula is C15H23N3. The highest BCUT2D eigenvalue weighted by molar-refractivity contribution is 5.81. The Kier molecular flexibility index (Phi) is 3.60. The van der Waals surface area contributed by atoms with Crippen LogP contribution < -0.4 is 5.73 Å². The second-order valence-corrected chi connectivity index (χ2v) is 5.18. The number of hydrogen-bond donors (Lipinski definition) is 1. The number of guanidine groups is 1. The third kappa shape index (κ3) is 2.09. The Morgan fingerprint density at radius 2 is 2.00 bits per heavy atom. The Morgan fingerprint density at radius 3 is 2.56 bits per heavy atom. The Balaban J connectivity index is 2.39. The van der Waals surface area contributed by atoms with Crippen molar-refractivity contribution >= 4 is 5.96 Å². The van der Waals surface area contributed by atoms with Crippen molar-refractivity contribution in [1.82, 2.24) is 4.90 Å². The predicted octanol–water partition coefficient (Wildman–Crippen LogP) is 2.77. The highest BCUT2D eigenvalue weighted by Gasteiger charge is 2.32. The fourth-order valence-electron chi connectivity index (χ4n) is 2.82. The monoisotopic (exact) mass is 245 g/mol. The van der Waals surface area contributed by atoms with Gasteiger partial charge in [0.15, 0.2) is 5.96 Å². The number of rotatable bonds is 3. The van der Waals surface area contributed by atoms with Crippen LogP contribution in [0.1, 0.15) is 43.0 Å². The molecule has 3 nitrogen and oxygen atoms in total. The van der Waals surface area contributed by atoms with Crippen molar-refractivity contribution in [2.75, 3.05) is 6.54 Å². The van der Waals surface area contributed by atoms with E-state index in [-0.39, 0.29) is 0 Å². The van der Waals surface area contributed by atoms with Crippen LogP contribution in [0.25, 0.3) is 0 Å². The molecule has 0 saturated heterocycles. The first-order chi connectivity index (χ1) is 8.56.